The predicted octanol–water partition coefficient (Wildman–Crippen LogP) is 2.12. The lowest BCUT2D eigenvalue weighted by Gasteiger charge is -2.16. The summed E-state index contributed by atoms with van der Waals surface area (Å²) >= 11 is 5.79. The summed E-state index contributed by atoms with van der Waals surface area (Å²) in [6.45, 7) is 2.43. The second kappa shape index (κ2) is 7.99. The molecule has 0 radical (unpaired) electrons. The Hall–Kier alpha value is -1.59. The Balaban J connectivity index is 2.74. The van der Waals surface area contributed by atoms with Crippen LogP contribution in [0.2, 0.25) is 5.02 Å². The molecule has 1 atom stereocenters. The third-order valence-electron chi connectivity index (χ3n) is 2.47. The van der Waals surface area contributed by atoms with Gasteiger partial charge in [0.1, 0.15) is 6.61 Å². The zero-order valence-corrected chi connectivity index (χ0v) is 14.1. The molecule has 0 amide bonds. The number of hydrogen-bond acceptors (Lipinski definition) is 6. The molecule has 1 unspecified atom stereocenters. The highest BCUT2D eigenvalue weighted by Gasteiger charge is 2.46. The molecule has 0 spiro atoms. The molecule has 0 aliphatic heterocycles. The van der Waals surface area contributed by atoms with Crippen LogP contribution in [0.15, 0.2) is 12.3 Å². The van der Waals surface area contributed by atoms with Gasteiger partial charge in [-0.1, -0.05) is 11.6 Å². The molecule has 0 aliphatic carbocycles. The summed E-state index contributed by atoms with van der Waals surface area (Å²) in [5.41, 5.74) is -5.45. The number of carbonyl (C=O) groups is 1. The van der Waals surface area contributed by atoms with E-state index in [0.717, 1.165) is 12.3 Å². The molecule has 0 saturated carbocycles. The second-order valence-corrected chi connectivity index (χ2v) is 6.61. The Morgan fingerprint density at radius 1 is 1.46 bits per heavy atom. The molecule has 0 aliphatic rings. The first-order chi connectivity index (χ1) is 11.0. The number of sulfonamides is 1. The van der Waals surface area contributed by atoms with Crippen LogP contribution < -0.4 is 9.46 Å². The number of ether oxygens (including phenoxy) is 2. The minimum absolute atomic E-state index is 0.00613. The van der Waals surface area contributed by atoms with Crippen LogP contribution in [0.25, 0.3) is 0 Å². The standard InChI is InChI=1S/C12H14ClF3N2O5S/c1-3-22-11(19)8-4-10(17-5-9(8)13)23-6-7(2)18-24(20,21)12(14,15)16/h4-5,7,18H,3,6H2,1-2H3. The summed E-state index contributed by atoms with van der Waals surface area (Å²) in [6, 6.07) is -0.0502. The fourth-order valence-electron chi connectivity index (χ4n) is 1.44. The van der Waals surface area contributed by atoms with Crippen molar-refractivity contribution in [2.24, 2.45) is 0 Å². The normalized spacial score (nSPS) is 13.4. The molecule has 0 fully saturated rings. The van der Waals surface area contributed by atoms with Gasteiger partial charge in [0.05, 0.1) is 29.4 Å². The lowest BCUT2D eigenvalue weighted by molar-refractivity contribution is -0.0451. The van der Waals surface area contributed by atoms with E-state index in [1.54, 1.807) is 6.92 Å². The van der Waals surface area contributed by atoms with Gasteiger partial charge in [0.15, 0.2) is 0 Å². The molecule has 1 aromatic heterocycles. The molecule has 1 N–H and O–H groups in total. The molecule has 7 nitrogen and oxygen atoms in total. The van der Waals surface area contributed by atoms with E-state index in [-0.39, 0.29) is 23.1 Å². The molecule has 1 heterocycles. The first-order valence-electron chi connectivity index (χ1n) is 6.52. The minimum Gasteiger partial charge on any atom is -0.476 e. The second-order valence-electron chi connectivity index (χ2n) is 4.50. The Morgan fingerprint density at radius 2 is 2.08 bits per heavy atom. The molecule has 1 aromatic rings. The fourth-order valence-corrected chi connectivity index (χ4v) is 2.35. The smallest absolute Gasteiger partial charge is 0.476 e. The van der Waals surface area contributed by atoms with Gasteiger partial charge in [0, 0.05) is 6.07 Å². The number of hydrogen-bond donors (Lipinski definition) is 1. The highest BCUT2D eigenvalue weighted by atomic mass is 35.5. The third-order valence-corrected chi connectivity index (χ3v) is 4.09. The maximum absolute atomic E-state index is 12.2. The van der Waals surface area contributed by atoms with E-state index < -0.39 is 34.1 Å². The highest BCUT2D eigenvalue weighted by Crippen LogP contribution is 2.23. The van der Waals surface area contributed by atoms with E-state index in [4.69, 9.17) is 21.1 Å². The van der Waals surface area contributed by atoms with Gasteiger partial charge in [-0.25, -0.2) is 22.9 Å². The van der Waals surface area contributed by atoms with Gasteiger partial charge in [0.25, 0.3) is 0 Å². The predicted molar refractivity (Wildman–Crippen MR) is 78.3 cm³/mol. The largest absolute Gasteiger partial charge is 0.511 e. The van der Waals surface area contributed by atoms with Gasteiger partial charge in [-0.2, -0.15) is 13.2 Å². The average molecular weight is 391 g/mol. The lowest BCUT2D eigenvalue weighted by Crippen LogP contribution is -2.43. The van der Waals surface area contributed by atoms with Crippen LogP contribution in [0.4, 0.5) is 13.2 Å². The van der Waals surface area contributed by atoms with Gasteiger partial charge >= 0.3 is 21.5 Å². The highest BCUT2D eigenvalue weighted by molar-refractivity contribution is 7.90. The van der Waals surface area contributed by atoms with Crippen molar-refractivity contribution in [2.45, 2.75) is 25.4 Å². The van der Waals surface area contributed by atoms with Crippen molar-refractivity contribution in [3.63, 3.8) is 0 Å². The Bertz CT molecular complexity index is 696. The van der Waals surface area contributed by atoms with Gasteiger partial charge in [-0.3, -0.25) is 0 Å². The number of nitrogens with one attached hydrogen (secondary N) is 1. The quantitative estimate of drug-likeness (QED) is 0.717. The van der Waals surface area contributed by atoms with Crippen molar-refractivity contribution in [1.82, 2.24) is 9.71 Å². The van der Waals surface area contributed by atoms with Gasteiger partial charge in [-0.05, 0) is 13.8 Å². The first-order valence-corrected chi connectivity index (χ1v) is 8.38. The number of nitrogens with zero attached hydrogens (tertiary/aromatic N) is 1. The maximum atomic E-state index is 12.2. The van der Waals surface area contributed by atoms with Crippen molar-refractivity contribution < 1.29 is 35.9 Å². The maximum Gasteiger partial charge on any atom is 0.511 e. The van der Waals surface area contributed by atoms with Crippen molar-refractivity contribution >= 4 is 27.6 Å². The minimum atomic E-state index is -5.48. The van der Waals surface area contributed by atoms with Crippen LogP contribution in [0.5, 0.6) is 5.88 Å². The molecule has 1 rings (SSSR count). The number of carbonyl (C=O) groups excluding carboxylic acids is 1. The number of esters is 1. The van der Waals surface area contributed by atoms with Crippen LogP contribution in [0.1, 0.15) is 24.2 Å². The Labute approximate surface area is 141 Å². The monoisotopic (exact) mass is 390 g/mol. The number of rotatable bonds is 7. The molecule has 0 saturated heterocycles. The summed E-state index contributed by atoms with van der Waals surface area (Å²) in [7, 11) is -5.48. The van der Waals surface area contributed by atoms with Crippen LogP contribution >= 0.6 is 11.6 Å². The van der Waals surface area contributed by atoms with E-state index in [9.17, 15) is 26.4 Å². The number of alkyl halides is 3. The average Bonchev–Trinajstić information content (AvgIpc) is 2.45. The fraction of sp³-hybridized carbons (Fsp3) is 0.500. The number of halogens is 4. The van der Waals surface area contributed by atoms with E-state index in [2.05, 4.69) is 4.98 Å². The molecule has 0 bridgehead atoms. The molecule has 0 aromatic carbocycles. The van der Waals surface area contributed by atoms with E-state index in [1.807, 2.05) is 0 Å². The summed E-state index contributed by atoms with van der Waals surface area (Å²) in [5.74, 6) is -0.846. The Kier molecular flexibility index (Phi) is 6.81. The third kappa shape index (κ3) is 5.49. The summed E-state index contributed by atoms with van der Waals surface area (Å²) in [4.78, 5) is 15.4. The SMILES string of the molecule is CCOC(=O)c1cc(OCC(C)NS(=O)(=O)C(F)(F)F)ncc1Cl. The molecular formula is C12H14ClF3N2O5S. The van der Waals surface area contributed by atoms with Crippen molar-refractivity contribution in [3.05, 3.63) is 22.8 Å². The van der Waals surface area contributed by atoms with E-state index in [1.165, 1.54) is 11.6 Å². The van der Waals surface area contributed by atoms with E-state index >= 15 is 0 Å². The van der Waals surface area contributed by atoms with Crippen molar-refractivity contribution in [1.29, 1.82) is 0 Å². The summed E-state index contributed by atoms with van der Waals surface area (Å²) in [5, 5.41) is 0.00613. The van der Waals surface area contributed by atoms with E-state index in [0.29, 0.717) is 0 Å². The molecule has 136 valence electrons. The van der Waals surface area contributed by atoms with Crippen LogP contribution in [-0.2, 0) is 14.8 Å². The molecule has 24 heavy (non-hydrogen) atoms. The van der Waals surface area contributed by atoms with Gasteiger partial charge < -0.3 is 9.47 Å². The van der Waals surface area contributed by atoms with Gasteiger partial charge in [0.2, 0.25) is 5.88 Å². The number of aromatic nitrogens is 1. The summed E-state index contributed by atoms with van der Waals surface area (Å²) in [6.07, 6.45) is 1.10. The van der Waals surface area contributed by atoms with Crippen molar-refractivity contribution in [3.8, 4) is 5.88 Å². The number of pyridine rings is 1. The van der Waals surface area contributed by atoms with Gasteiger partial charge in [-0.15, -0.1) is 0 Å². The van der Waals surface area contributed by atoms with Crippen LogP contribution in [0, 0.1) is 0 Å². The zero-order chi connectivity index (χ0) is 18.5. The zero-order valence-electron chi connectivity index (χ0n) is 12.6. The lowest BCUT2D eigenvalue weighted by atomic mass is 10.2. The van der Waals surface area contributed by atoms with Crippen molar-refractivity contribution in [2.75, 3.05) is 13.2 Å². The van der Waals surface area contributed by atoms with Crippen LogP contribution in [-0.4, -0.2) is 44.1 Å². The summed E-state index contributed by atoms with van der Waals surface area (Å²) < 4.78 is 69.9. The topological polar surface area (TPSA) is 94.6 Å². The Morgan fingerprint density at radius 3 is 2.62 bits per heavy atom. The molecule has 12 heteroatoms. The first kappa shape index (κ1) is 20.5. The van der Waals surface area contributed by atoms with Crippen LogP contribution in [0.3, 0.4) is 0 Å². The molecular weight excluding hydrogens is 377 g/mol.